The second kappa shape index (κ2) is 12.5. The Bertz CT molecular complexity index is 616. The monoisotopic (exact) mass is 421 g/mol. The van der Waals surface area contributed by atoms with Crippen molar-refractivity contribution in [3.8, 4) is 11.5 Å². The Morgan fingerprint density at radius 3 is 2.33 bits per heavy atom. The van der Waals surface area contributed by atoms with E-state index in [1.165, 1.54) is 24.8 Å². The predicted octanol–water partition coefficient (Wildman–Crippen LogP) is 1.68. The van der Waals surface area contributed by atoms with Crippen LogP contribution in [0.5, 0.6) is 11.5 Å². The fraction of sp³-hybridized carbons (Fsp3) is 0.739. The van der Waals surface area contributed by atoms with Gasteiger partial charge in [-0.1, -0.05) is 12.5 Å². The van der Waals surface area contributed by atoms with E-state index in [1.54, 1.807) is 14.2 Å². The van der Waals surface area contributed by atoms with E-state index in [-0.39, 0.29) is 6.61 Å². The summed E-state index contributed by atoms with van der Waals surface area (Å²) in [4.78, 5) is 7.25. The molecule has 1 N–H and O–H groups in total. The van der Waals surface area contributed by atoms with Gasteiger partial charge in [-0.05, 0) is 43.6 Å². The van der Waals surface area contributed by atoms with E-state index in [9.17, 15) is 5.11 Å². The Morgan fingerprint density at radius 1 is 0.900 bits per heavy atom. The molecule has 2 heterocycles. The van der Waals surface area contributed by atoms with Gasteiger partial charge in [-0.15, -0.1) is 0 Å². The number of ether oxygens (including phenoxy) is 3. The zero-order valence-electron chi connectivity index (χ0n) is 18.7. The van der Waals surface area contributed by atoms with Crippen LogP contribution in [0.4, 0.5) is 0 Å². The number of benzene rings is 1. The van der Waals surface area contributed by atoms with Crippen LogP contribution >= 0.6 is 0 Å². The van der Waals surface area contributed by atoms with Crippen LogP contribution in [0.3, 0.4) is 0 Å². The van der Waals surface area contributed by atoms with Gasteiger partial charge in [0.25, 0.3) is 0 Å². The number of hydrogen-bond donors (Lipinski definition) is 1. The molecule has 7 nitrogen and oxygen atoms in total. The molecule has 0 radical (unpaired) electrons. The zero-order valence-corrected chi connectivity index (χ0v) is 18.7. The van der Waals surface area contributed by atoms with E-state index in [1.807, 2.05) is 6.07 Å². The lowest BCUT2D eigenvalue weighted by Gasteiger charge is -2.34. The molecule has 0 aromatic heterocycles. The SMILES string of the molecule is COCCN1CCN(Cc2ccc(OC)c(OCC(O)CN3CCCCC3)c2)CC1. The van der Waals surface area contributed by atoms with E-state index in [2.05, 4.69) is 26.8 Å². The number of piperidine rings is 1. The van der Waals surface area contributed by atoms with Crippen LogP contribution in [0.25, 0.3) is 0 Å². The van der Waals surface area contributed by atoms with Crippen LogP contribution in [0, 0.1) is 0 Å². The van der Waals surface area contributed by atoms with Crippen molar-refractivity contribution in [2.24, 2.45) is 0 Å². The molecule has 0 bridgehead atoms. The highest BCUT2D eigenvalue weighted by atomic mass is 16.5. The Labute approximate surface area is 181 Å². The second-order valence-corrected chi connectivity index (χ2v) is 8.42. The van der Waals surface area contributed by atoms with Gasteiger partial charge in [-0.3, -0.25) is 9.80 Å². The molecule has 7 heteroatoms. The molecule has 2 aliphatic heterocycles. The summed E-state index contributed by atoms with van der Waals surface area (Å²) in [5, 5.41) is 10.4. The minimum absolute atomic E-state index is 0.286. The molecule has 1 aromatic rings. The number of nitrogens with zero attached hydrogens (tertiary/aromatic N) is 3. The highest BCUT2D eigenvalue weighted by Crippen LogP contribution is 2.29. The number of piperazine rings is 1. The molecule has 2 saturated heterocycles. The average Bonchev–Trinajstić information content (AvgIpc) is 2.78. The number of hydrogen-bond acceptors (Lipinski definition) is 7. The quantitative estimate of drug-likeness (QED) is 0.583. The molecule has 1 atom stereocenters. The molecular weight excluding hydrogens is 382 g/mol. The van der Waals surface area contributed by atoms with Gasteiger partial charge in [-0.2, -0.15) is 0 Å². The third kappa shape index (κ3) is 7.39. The lowest BCUT2D eigenvalue weighted by atomic mass is 10.1. The standard InChI is InChI=1S/C23H39N3O4/c1-28-15-14-24-10-12-26(13-11-24)17-20-6-7-22(29-2)23(16-20)30-19-21(27)18-25-8-4-3-5-9-25/h6-7,16,21,27H,3-5,8-15,17-19H2,1-2H3. The van der Waals surface area contributed by atoms with Gasteiger partial charge in [-0.25, -0.2) is 0 Å². The van der Waals surface area contributed by atoms with Crippen LogP contribution in [0.15, 0.2) is 18.2 Å². The molecule has 0 aliphatic carbocycles. The number of aliphatic hydroxyl groups is 1. The number of likely N-dealkylation sites (tertiary alicyclic amines) is 1. The zero-order chi connectivity index (χ0) is 21.2. The van der Waals surface area contributed by atoms with Crippen molar-refractivity contribution < 1.29 is 19.3 Å². The van der Waals surface area contributed by atoms with Gasteiger partial charge in [0, 0.05) is 52.9 Å². The molecule has 1 unspecified atom stereocenters. The summed E-state index contributed by atoms with van der Waals surface area (Å²) in [6.07, 6.45) is 3.26. The summed E-state index contributed by atoms with van der Waals surface area (Å²) in [5.41, 5.74) is 1.21. The van der Waals surface area contributed by atoms with Gasteiger partial charge in [0.05, 0.1) is 13.7 Å². The molecule has 30 heavy (non-hydrogen) atoms. The largest absolute Gasteiger partial charge is 0.493 e. The molecule has 3 rings (SSSR count). The fourth-order valence-corrected chi connectivity index (χ4v) is 4.26. The van der Waals surface area contributed by atoms with Crippen LogP contribution in [-0.4, -0.2) is 106 Å². The normalized spacial score (nSPS) is 20.2. The first-order valence-corrected chi connectivity index (χ1v) is 11.3. The first-order chi connectivity index (χ1) is 14.7. The Morgan fingerprint density at radius 2 is 1.63 bits per heavy atom. The topological polar surface area (TPSA) is 57.6 Å². The maximum Gasteiger partial charge on any atom is 0.161 e. The minimum atomic E-state index is -0.489. The summed E-state index contributed by atoms with van der Waals surface area (Å²) < 4.78 is 16.6. The lowest BCUT2D eigenvalue weighted by Crippen LogP contribution is -2.46. The van der Waals surface area contributed by atoms with Crippen molar-refractivity contribution in [3.63, 3.8) is 0 Å². The summed E-state index contributed by atoms with van der Waals surface area (Å²) in [5.74, 6) is 1.43. The molecule has 0 spiro atoms. The maximum absolute atomic E-state index is 10.4. The third-order valence-corrected chi connectivity index (χ3v) is 6.06. The molecule has 2 fully saturated rings. The van der Waals surface area contributed by atoms with Crippen LogP contribution in [0.2, 0.25) is 0 Å². The molecule has 0 amide bonds. The maximum atomic E-state index is 10.4. The van der Waals surface area contributed by atoms with Crippen LogP contribution in [0.1, 0.15) is 24.8 Å². The fourth-order valence-electron chi connectivity index (χ4n) is 4.26. The Kier molecular flexibility index (Phi) is 9.68. The summed E-state index contributed by atoms with van der Waals surface area (Å²) in [6.45, 7) is 10.1. The first kappa shape index (κ1) is 23.3. The van der Waals surface area contributed by atoms with E-state index >= 15 is 0 Å². The average molecular weight is 422 g/mol. The van der Waals surface area contributed by atoms with Gasteiger partial charge < -0.3 is 24.2 Å². The van der Waals surface area contributed by atoms with Gasteiger partial charge in [0.2, 0.25) is 0 Å². The number of aliphatic hydroxyl groups excluding tert-OH is 1. The van der Waals surface area contributed by atoms with E-state index in [0.717, 1.165) is 59.0 Å². The number of β-amino-alcohol motifs (C(OH)–C–C–N with tert-alkyl or cyclic N) is 1. The number of methoxy groups -OCH3 is 2. The summed E-state index contributed by atoms with van der Waals surface area (Å²) in [7, 11) is 3.41. The predicted molar refractivity (Wildman–Crippen MR) is 118 cm³/mol. The van der Waals surface area contributed by atoms with Gasteiger partial charge in [0.1, 0.15) is 12.7 Å². The highest BCUT2D eigenvalue weighted by Gasteiger charge is 2.18. The molecule has 170 valence electrons. The summed E-state index contributed by atoms with van der Waals surface area (Å²) in [6, 6.07) is 6.13. The van der Waals surface area contributed by atoms with E-state index in [0.29, 0.717) is 18.0 Å². The number of rotatable bonds is 11. The van der Waals surface area contributed by atoms with Crippen molar-refractivity contribution in [1.82, 2.24) is 14.7 Å². The van der Waals surface area contributed by atoms with Gasteiger partial charge >= 0.3 is 0 Å². The second-order valence-electron chi connectivity index (χ2n) is 8.42. The van der Waals surface area contributed by atoms with Crippen molar-refractivity contribution in [2.45, 2.75) is 31.9 Å². The summed E-state index contributed by atoms with van der Waals surface area (Å²) >= 11 is 0. The van der Waals surface area contributed by atoms with Crippen LogP contribution in [-0.2, 0) is 11.3 Å². The first-order valence-electron chi connectivity index (χ1n) is 11.3. The van der Waals surface area contributed by atoms with Crippen molar-refractivity contribution in [3.05, 3.63) is 23.8 Å². The van der Waals surface area contributed by atoms with E-state index < -0.39 is 6.10 Å². The molecule has 1 aromatic carbocycles. The smallest absolute Gasteiger partial charge is 0.161 e. The van der Waals surface area contributed by atoms with Crippen LogP contribution < -0.4 is 9.47 Å². The Balaban J connectivity index is 1.48. The van der Waals surface area contributed by atoms with E-state index in [4.69, 9.17) is 14.2 Å². The lowest BCUT2D eigenvalue weighted by molar-refractivity contribution is 0.0607. The third-order valence-electron chi connectivity index (χ3n) is 6.06. The molecular formula is C23H39N3O4. The van der Waals surface area contributed by atoms with Crippen molar-refractivity contribution in [2.75, 3.05) is 79.8 Å². The molecule has 2 aliphatic rings. The minimum Gasteiger partial charge on any atom is -0.493 e. The van der Waals surface area contributed by atoms with Crippen molar-refractivity contribution in [1.29, 1.82) is 0 Å². The Hall–Kier alpha value is -1.38. The molecule has 0 saturated carbocycles. The van der Waals surface area contributed by atoms with Gasteiger partial charge in [0.15, 0.2) is 11.5 Å². The van der Waals surface area contributed by atoms with Crippen molar-refractivity contribution >= 4 is 0 Å². The highest BCUT2D eigenvalue weighted by molar-refractivity contribution is 5.43.